The molecule has 2 aromatic carbocycles. The maximum absolute atomic E-state index is 13.4. The molecule has 0 aliphatic carbocycles. The van der Waals surface area contributed by atoms with Gasteiger partial charge in [0.05, 0.1) is 5.25 Å². The summed E-state index contributed by atoms with van der Waals surface area (Å²) in [5, 5.41) is 9.08. The van der Waals surface area contributed by atoms with Crippen molar-refractivity contribution in [3.05, 3.63) is 64.7 Å². The van der Waals surface area contributed by atoms with Crippen molar-refractivity contribution in [3.63, 3.8) is 0 Å². The second-order valence-corrected chi connectivity index (χ2v) is 7.55. The Morgan fingerprint density at radius 1 is 1.15 bits per heavy atom. The molecule has 0 saturated heterocycles. The van der Waals surface area contributed by atoms with E-state index >= 15 is 0 Å². The number of nitrogens with zero attached hydrogens (tertiary/aromatic N) is 3. The number of hydrogen-bond acceptors (Lipinski definition) is 4. The predicted octanol–water partition coefficient (Wildman–Crippen LogP) is 5.26. The van der Waals surface area contributed by atoms with Crippen LogP contribution < -0.4 is 0 Å². The Labute approximate surface area is 164 Å². The molecule has 1 heterocycles. The average Bonchev–Trinajstić information content (AvgIpc) is 3.06. The summed E-state index contributed by atoms with van der Waals surface area (Å²) < 4.78 is 28.4. The van der Waals surface area contributed by atoms with E-state index in [1.165, 1.54) is 17.8 Å². The Morgan fingerprint density at radius 2 is 1.85 bits per heavy atom. The minimum absolute atomic E-state index is 0.120. The summed E-state index contributed by atoms with van der Waals surface area (Å²) in [6.45, 7) is 4.26. The lowest BCUT2D eigenvalue weighted by Gasteiger charge is -2.12. The van der Waals surface area contributed by atoms with Gasteiger partial charge in [0.2, 0.25) is 0 Å². The van der Waals surface area contributed by atoms with Crippen molar-refractivity contribution >= 4 is 29.1 Å². The van der Waals surface area contributed by atoms with Gasteiger partial charge in [-0.25, -0.2) is 8.78 Å². The van der Waals surface area contributed by atoms with Gasteiger partial charge in [0.25, 0.3) is 0 Å². The highest BCUT2D eigenvalue weighted by Gasteiger charge is 2.22. The molecule has 0 N–H and O–H groups in total. The van der Waals surface area contributed by atoms with Crippen LogP contribution in [0.15, 0.2) is 47.6 Å². The summed E-state index contributed by atoms with van der Waals surface area (Å²) >= 11 is 7.15. The lowest BCUT2D eigenvalue weighted by atomic mass is 10.1. The minimum Gasteiger partial charge on any atom is -0.302 e. The predicted molar refractivity (Wildman–Crippen MR) is 102 cm³/mol. The smallest absolute Gasteiger partial charge is 0.192 e. The van der Waals surface area contributed by atoms with Crippen LogP contribution in [-0.2, 0) is 6.54 Å². The summed E-state index contributed by atoms with van der Waals surface area (Å²) in [6.07, 6.45) is 0. The second-order valence-electron chi connectivity index (χ2n) is 5.81. The molecule has 8 heteroatoms. The lowest BCUT2D eigenvalue weighted by molar-refractivity contribution is 0.0993. The van der Waals surface area contributed by atoms with Gasteiger partial charge >= 0.3 is 0 Å². The van der Waals surface area contributed by atoms with Gasteiger partial charge in [-0.1, -0.05) is 23.4 Å². The number of ketones is 1. The summed E-state index contributed by atoms with van der Waals surface area (Å²) in [5.74, 6) is -1.66. The zero-order valence-corrected chi connectivity index (χ0v) is 16.2. The zero-order chi connectivity index (χ0) is 19.6. The molecule has 3 aromatic rings. The Bertz CT molecular complexity index is 976. The third-order valence-electron chi connectivity index (χ3n) is 3.99. The number of carbonyl (C=O) groups is 1. The monoisotopic (exact) mass is 407 g/mol. The maximum Gasteiger partial charge on any atom is 0.192 e. The van der Waals surface area contributed by atoms with E-state index in [0.29, 0.717) is 22.5 Å². The van der Waals surface area contributed by atoms with Crippen LogP contribution in [0.1, 0.15) is 24.2 Å². The average molecular weight is 408 g/mol. The van der Waals surface area contributed by atoms with Crippen molar-refractivity contribution in [2.45, 2.75) is 30.8 Å². The molecule has 0 radical (unpaired) electrons. The van der Waals surface area contributed by atoms with Crippen LogP contribution in [0, 0.1) is 11.6 Å². The highest BCUT2D eigenvalue weighted by Crippen LogP contribution is 2.29. The Kier molecular flexibility index (Phi) is 5.92. The molecule has 4 nitrogen and oxygen atoms in total. The Hall–Kier alpha value is -2.25. The fourth-order valence-electron chi connectivity index (χ4n) is 2.57. The number of carbonyl (C=O) groups excluding carboxylic acids is 1. The van der Waals surface area contributed by atoms with Gasteiger partial charge in [-0.05, 0) is 56.3 Å². The van der Waals surface area contributed by atoms with Crippen LogP contribution in [0.5, 0.6) is 0 Å². The molecular weight excluding hydrogens is 392 g/mol. The molecular formula is C19H16ClF2N3OS. The number of hydrogen-bond donors (Lipinski definition) is 0. The first-order chi connectivity index (χ1) is 12.9. The summed E-state index contributed by atoms with van der Waals surface area (Å²) in [7, 11) is 0. The molecule has 3 rings (SSSR count). The van der Waals surface area contributed by atoms with Crippen LogP contribution in [0.3, 0.4) is 0 Å². The largest absolute Gasteiger partial charge is 0.302 e. The molecule has 1 aromatic heterocycles. The quantitative estimate of drug-likeness (QED) is 0.413. The number of thioether (sulfide) groups is 1. The van der Waals surface area contributed by atoms with Gasteiger partial charge in [-0.3, -0.25) is 4.79 Å². The molecule has 0 unspecified atom stereocenters. The highest BCUT2D eigenvalue weighted by atomic mass is 35.5. The van der Waals surface area contributed by atoms with Gasteiger partial charge < -0.3 is 4.57 Å². The molecule has 0 saturated carbocycles. The molecule has 1 atom stereocenters. The normalized spacial score (nSPS) is 12.2. The van der Waals surface area contributed by atoms with E-state index in [1.807, 2.05) is 23.6 Å². The second kappa shape index (κ2) is 8.19. The van der Waals surface area contributed by atoms with E-state index in [4.69, 9.17) is 11.6 Å². The van der Waals surface area contributed by atoms with Gasteiger partial charge in [0.15, 0.2) is 28.4 Å². The maximum atomic E-state index is 13.4. The fourth-order valence-corrected chi connectivity index (χ4v) is 3.69. The molecule has 0 fully saturated rings. The van der Waals surface area contributed by atoms with E-state index in [0.717, 1.165) is 17.7 Å². The van der Waals surface area contributed by atoms with Crippen LogP contribution in [0.4, 0.5) is 8.78 Å². The Balaban J connectivity index is 1.83. The van der Waals surface area contributed by atoms with Gasteiger partial charge in [-0.2, -0.15) is 0 Å². The number of Topliss-reactive ketones (excluding diaryl/α,β-unsaturated/α-hetero) is 1. The molecule has 0 bridgehead atoms. The SMILES string of the molecule is CCn1c(S[C@@H](C)C(=O)c2ccc(F)c(F)c2)nnc1-c1ccc(Cl)cc1. The van der Waals surface area contributed by atoms with Gasteiger partial charge in [-0.15, -0.1) is 10.2 Å². The first-order valence-electron chi connectivity index (χ1n) is 8.25. The fraction of sp³-hybridized carbons (Fsp3) is 0.211. The number of rotatable bonds is 6. The van der Waals surface area contributed by atoms with E-state index in [9.17, 15) is 13.6 Å². The molecule has 140 valence electrons. The number of halogens is 3. The summed E-state index contributed by atoms with van der Waals surface area (Å²) in [4.78, 5) is 12.5. The third-order valence-corrected chi connectivity index (χ3v) is 5.32. The minimum atomic E-state index is -1.04. The molecule has 0 spiro atoms. The first kappa shape index (κ1) is 19.5. The van der Waals surface area contributed by atoms with Crippen molar-refractivity contribution < 1.29 is 13.6 Å². The van der Waals surface area contributed by atoms with E-state index < -0.39 is 16.9 Å². The summed E-state index contributed by atoms with van der Waals surface area (Å²) in [5.41, 5.74) is 0.981. The highest BCUT2D eigenvalue weighted by molar-refractivity contribution is 8.00. The molecule has 0 aliphatic heterocycles. The standard InChI is InChI=1S/C19H16ClF2N3OS/c1-3-25-18(12-4-7-14(20)8-5-12)23-24-19(25)27-11(2)17(26)13-6-9-15(21)16(22)10-13/h4-11H,3H2,1-2H3/t11-/m0/s1. The van der Waals surface area contributed by atoms with Crippen LogP contribution in [-0.4, -0.2) is 25.8 Å². The molecule has 27 heavy (non-hydrogen) atoms. The molecule has 0 aliphatic rings. The van der Waals surface area contributed by atoms with Crippen LogP contribution in [0.2, 0.25) is 5.02 Å². The van der Waals surface area contributed by atoms with Crippen molar-refractivity contribution in [3.8, 4) is 11.4 Å². The summed E-state index contributed by atoms with van der Waals surface area (Å²) in [6, 6.07) is 10.4. The van der Waals surface area contributed by atoms with Gasteiger partial charge in [0.1, 0.15) is 0 Å². The lowest BCUT2D eigenvalue weighted by Crippen LogP contribution is -2.15. The van der Waals surface area contributed by atoms with Crippen LogP contribution >= 0.6 is 23.4 Å². The number of benzene rings is 2. The third kappa shape index (κ3) is 4.20. The van der Waals surface area contributed by atoms with Crippen molar-refractivity contribution in [1.29, 1.82) is 0 Å². The number of aromatic nitrogens is 3. The molecule has 0 amide bonds. The van der Waals surface area contributed by atoms with Gasteiger partial charge in [0, 0.05) is 22.7 Å². The zero-order valence-electron chi connectivity index (χ0n) is 14.6. The van der Waals surface area contributed by atoms with E-state index in [1.54, 1.807) is 19.1 Å². The Morgan fingerprint density at radius 3 is 2.48 bits per heavy atom. The van der Waals surface area contributed by atoms with Crippen molar-refractivity contribution in [2.75, 3.05) is 0 Å². The van der Waals surface area contributed by atoms with Crippen molar-refractivity contribution in [2.24, 2.45) is 0 Å². The van der Waals surface area contributed by atoms with Crippen LogP contribution in [0.25, 0.3) is 11.4 Å². The van der Waals surface area contributed by atoms with Crippen molar-refractivity contribution in [1.82, 2.24) is 14.8 Å². The van der Waals surface area contributed by atoms with E-state index in [2.05, 4.69) is 10.2 Å². The first-order valence-corrected chi connectivity index (χ1v) is 9.51. The van der Waals surface area contributed by atoms with E-state index in [-0.39, 0.29) is 11.3 Å². The topological polar surface area (TPSA) is 47.8 Å².